The summed E-state index contributed by atoms with van der Waals surface area (Å²) in [5.41, 5.74) is 2.99. The van der Waals surface area contributed by atoms with Gasteiger partial charge >= 0.3 is 0 Å². The molecule has 0 radical (unpaired) electrons. The van der Waals surface area contributed by atoms with Crippen molar-refractivity contribution in [3.05, 3.63) is 59.7 Å². The third-order valence-electron chi connectivity index (χ3n) is 5.18. The van der Waals surface area contributed by atoms with Gasteiger partial charge in [0.15, 0.2) is 0 Å². The molecule has 0 nitrogen and oxygen atoms in total. The zero-order valence-electron chi connectivity index (χ0n) is 11.8. The second kappa shape index (κ2) is 4.67. The van der Waals surface area contributed by atoms with Crippen LogP contribution in [0, 0.1) is 29.1 Å². The first-order valence-electron chi connectivity index (χ1n) is 7.86. The van der Waals surface area contributed by atoms with Crippen LogP contribution >= 0.6 is 0 Å². The summed E-state index contributed by atoms with van der Waals surface area (Å²) in [6.45, 7) is 0. The number of benzene rings is 1. The van der Waals surface area contributed by atoms with E-state index < -0.39 is 0 Å². The minimum Gasteiger partial charge on any atom is -0.0878 e. The van der Waals surface area contributed by atoms with E-state index in [9.17, 15) is 0 Å². The third kappa shape index (κ3) is 1.77. The molecule has 0 bridgehead atoms. The van der Waals surface area contributed by atoms with Crippen molar-refractivity contribution in [2.75, 3.05) is 0 Å². The Bertz CT molecular complexity index is 623. The van der Waals surface area contributed by atoms with E-state index in [0.717, 1.165) is 11.5 Å². The Labute approximate surface area is 121 Å². The molecule has 0 saturated heterocycles. The van der Waals surface area contributed by atoms with Gasteiger partial charge in [0.25, 0.3) is 0 Å². The van der Waals surface area contributed by atoms with Gasteiger partial charge in [-0.25, -0.2) is 0 Å². The van der Waals surface area contributed by atoms with E-state index in [1.165, 1.54) is 32.1 Å². The molecule has 1 saturated carbocycles. The lowest BCUT2D eigenvalue weighted by Crippen LogP contribution is -2.11. The number of hydrogen-bond acceptors (Lipinski definition) is 0. The molecule has 0 heteroatoms. The lowest BCUT2D eigenvalue weighted by molar-refractivity contribution is 0.581. The summed E-state index contributed by atoms with van der Waals surface area (Å²) in [5.74, 6) is 8.60. The van der Waals surface area contributed by atoms with Crippen LogP contribution in [0.3, 0.4) is 0 Å². The Morgan fingerprint density at radius 3 is 2.70 bits per heavy atom. The highest BCUT2D eigenvalue weighted by Gasteiger charge is 2.65. The van der Waals surface area contributed by atoms with Crippen molar-refractivity contribution in [1.82, 2.24) is 0 Å². The molecule has 100 valence electrons. The van der Waals surface area contributed by atoms with Gasteiger partial charge in [-0.2, -0.15) is 0 Å². The summed E-state index contributed by atoms with van der Waals surface area (Å²) in [6, 6.07) is 10.4. The standard InChI is InChI=1S/C20H20/c1-3-8-16(9-4-1)14-15-20(17-10-5-2-6-11-17)18-12-7-13-19(18)20/h1,3-4,7-10,12,18-19H,2,5-6,11,13H2. The van der Waals surface area contributed by atoms with Crippen LogP contribution in [-0.4, -0.2) is 0 Å². The van der Waals surface area contributed by atoms with Crippen LogP contribution in [0.2, 0.25) is 0 Å². The molecule has 1 fully saturated rings. The molecule has 3 aliphatic rings. The van der Waals surface area contributed by atoms with E-state index in [1.54, 1.807) is 5.57 Å². The van der Waals surface area contributed by atoms with Crippen LogP contribution in [-0.2, 0) is 0 Å². The van der Waals surface area contributed by atoms with Gasteiger partial charge in [0.05, 0.1) is 5.41 Å². The van der Waals surface area contributed by atoms with E-state index in [4.69, 9.17) is 0 Å². The van der Waals surface area contributed by atoms with Gasteiger partial charge < -0.3 is 0 Å². The Balaban J connectivity index is 1.70. The van der Waals surface area contributed by atoms with Crippen molar-refractivity contribution in [1.29, 1.82) is 0 Å². The molecule has 0 aromatic heterocycles. The van der Waals surface area contributed by atoms with Gasteiger partial charge in [-0.05, 0) is 50.2 Å². The average Bonchev–Trinajstić information content (AvgIpc) is 2.88. The summed E-state index contributed by atoms with van der Waals surface area (Å²) in [7, 11) is 0. The number of allylic oxidation sites excluding steroid dienone is 4. The molecular formula is C20H20. The Morgan fingerprint density at radius 1 is 1.10 bits per heavy atom. The topological polar surface area (TPSA) is 0 Å². The van der Waals surface area contributed by atoms with Crippen LogP contribution in [0.1, 0.15) is 37.7 Å². The summed E-state index contributed by atoms with van der Waals surface area (Å²) >= 11 is 0. The predicted octanol–water partition coefficient (Wildman–Crippen LogP) is 4.73. The van der Waals surface area contributed by atoms with Gasteiger partial charge in [0.2, 0.25) is 0 Å². The number of fused-ring (bicyclic) bond motifs is 1. The van der Waals surface area contributed by atoms with Crippen molar-refractivity contribution in [3.63, 3.8) is 0 Å². The van der Waals surface area contributed by atoms with E-state index >= 15 is 0 Å². The SMILES string of the molecule is C(#CC1(C2=CCCCC2)C2C=CCC21)c1ccccc1. The molecule has 0 amide bonds. The smallest absolute Gasteiger partial charge is 0.0629 e. The van der Waals surface area contributed by atoms with E-state index in [-0.39, 0.29) is 5.41 Å². The van der Waals surface area contributed by atoms with Crippen molar-refractivity contribution in [3.8, 4) is 11.8 Å². The quantitative estimate of drug-likeness (QED) is 0.506. The highest BCUT2D eigenvalue weighted by Crippen LogP contribution is 2.69. The average molecular weight is 260 g/mol. The maximum atomic E-state index is 3.69. The van der Waals surface area contributed by atoms with Gasteiger partial charge in [-0.3, -0.25) is 0 Å². The fourth-order valence-electron chi connectivity index (χ4n) is 4.10. The lowest BCUT2D eigenvalue weighted by Gasteiger charge is -2.21. The second-order valence-corrected chi connectivity index (χ2v) is 6.26. The fraction of sp³-hybridized carbons (Fsp3) is 0.400. The van der Waals surface area contributed by atoms with Crippen molar-refractivity contribution in [2.24, 2.45) is 17.3 Å². The first-order chi connectivity index (χ1) is 9.91. The number of rotatable bonds is 1. The van der Waals surface area contributed by atoms with Crippen LogP contribution in [0.25, 0.3) is 0 Å². The van der Waals surface area contributed by atoms with Crippen LogP contribution in [0.15, 0.2) is 54.1 Å². The van der Waals surface area contributed by atoms with E-state index in [0.29, 0.717) is 5.92 Å². The van der Waals surface area contributed by atoms with Gasteiger partial charge in [-0.15, -0.1) is 0 Å². The molecule has 0 heterocycles. The zero-order chi connectivity index (χ0) is 13.4. The van der Waals surface area contributed by atoms with Crippen LogP contribution in [0.5, 0.6) is 0 Å². The molecule has 1 aromatic carbocycles. The Morgan fingerprint density at radius 2 is 2.00 bits per heavy atom. The summed E-state index contributed by atoms with van der Waals surface area (Å²) in [4.78, 5) is 0. The third-order valence-corrected chi connectivity index (χ3v) is 5.18. The Kier molecular flexibility index (Phi) is 2.81. The second-order valence-electron chi connectivity index (χ2n) is 6.26. The first kappa shape index (κ1) is 12.0. The molecule has 3 atom stereocenters. The van der Waals surface area contributed by atoms with Gasteiger partial charge in [0.1, 0.15) is 0 Å². The molecule has 0 aliphatic heterocycles. The van der Waals surface area contributed by atoms with Crippen molar-refractivity contribution in [2.45, 2.75) is 32.1 Å². The fourth-order valence-corrected chi connectivity index (χ4v) is 4.10. The molecule has 20 heavy (non-hydrogen) atoms. The number of hydrogen-bond donors (Lipinski definition) is 0. The first-order valence-corrected chi connectivity index (χ1v) is 7.86. The summed E-state index contributed by atoms with van der Waals surface area (Å²) in [6.07, 6.45) is 13.7. The molecule has 1 aromatic rings. The minimum atomic E-state index is 0.199. The van der Waals surface area contributed by atoms with Crippen molar-refractivity contribution >= 4 is 0 Å². The maximum absolute atomic E-state index is 3.69. The maximum Gasteiger partial charge on any atom is 0.0629 e. The van der Waals surface area contributed by atoms with Gasteiger partial charge in [0, 0.05) is 11.5 Å². The van der Waals surface area contributed by atoms with Crippen LogP contribution < -0.4 is 0 Å². The van der Waals surface area contributed by atoms with E-state index in [1.807, 2.05) is 0 Å². The lowest BCUT2D eigenvalue weighted by atomic mass is 9.82. The predicted molar refractivity (Wildman–Crippen MR) is 83.0 cm³/mol. The molecule has 0 spiro atoms. The van der Waals surface area contributed by atoms with Gasteiger partial charge in [-0.1, -0.05) is 53.8 Å². The monoisotopic (exact) mass is 260 g/mol. The zero-order valence-corrected chi connectivity index (χ0v) is 11.8. The molecule has 3 aliphatic carbocycles. The molecule has 3 unspecified atom stereocenters. The van der Waals surface area contributed by atoms with E-state index in [2.05, 4.69) is 60.4 Å². The van der Waals surface area contributed by atoms with Crippen molar-refractivity contribution < 1.29 is 0 Å². The summed E-state index contributed by atoms with van der Waals surface area (Å²) in [5, 5.41) is 0. The molecular weight excluding hydrogens is 240 g/mol. The molecule has 0 N–H and O–H groups in total. The summed E-state index contributed by atoms with van der Waals surface area (Å²) < 4.78 is 0. The highest BCUT2D eigenvalue weighted by molar-refractivity contribution is 5.49. The molecule has 4 rings (SSSR count). The largest absolute Gasteiger partial charge is 0.0878 e. The van der Waals surface area contributed by atoms with Crippen LogP contribution in [0.4, 0.5) is 0 Å². The highest BCUT2D eigenvalue weighted by atomic mass is 14.7. The minimum absolute atomic E-state index is 0.199. The normalized spacial score (nSPS) is 33.9. The Hall–Kier alpha value is -1.74.